The minimum Gasteiger partial charge on any atom is -0.469 e. The van der Waals surface area contributed by atoms with Crippen LogP contribution in [0.1, 0.15) is 56.2 Å². The average Bonchev–Trinajstić information content (AvgIpc) is 3.32. The second-order valence-corrected chi connectivity index (χ2v) is 8.31. The number of nitriles is 2. The lowest BCUT2D eigenvalue weighted by Gasteiger charge is -2.26. The first-order valence-corrected chi connectivity index (χ1v) is 11.5. The number of hydrogen-bond donors (Lipinski definition) is 1. The van der Waals surface area contributed by atoms with Crippen LogP contribution in [0, 0.1) is 22.8 Å². The van der Waals surface area contributed by atoms with Crippen molar-refractivity contribution in [3.63, 3.8) is 0 Å². The third kappa shape index (κ3) is 5.07. The van der Waals surface area contributed by atoms with Crippen LogP contribution in [0.15, 0.2) is 52.8 Å². The largest absolute Gasteiger partial charge is 0.469 e. The minimum absolute atomic E-state index is 0.0982. The molecule has 0 bridgehead atoms. The molecule has 0 unspecified atom stereocenters. The van der Waals surface area contributed by atoms with Gasteiger partial charge in [0.2, 0.25) is 5.88 Å². The molecule has 4 rings (SSSR count). The summed E-state index contributed by atoms with van der Waals surface area (Å²) in [5.41, 5.74) is 3.60. The van der Waals surface area contributed by atoms with Crippen LogP contribution >= 0.6 is 0 Å². The van der Waals surface area contributed by atoms with E-state index in [9.17, 15) is 5.26 Å². The van der Waals surface area contributed by atoms with E-state index in [1.165, 1.54) is 6.20 Å². The fourth-order valence-electron chi connectivity index (χ4n) is 4.25. The summed E-state index contributed by atoms with van der Waals surface area (Å²) in [7, 11) is 0. The van der Waals surface area contributed by atoms with Crippen LogP contribution in [0.4, 0.5) is 0 Å². The van der Waals surface area contributed by atoms with Gasteiger partial charge >= 0.3 is 0 Å². The first-order valence-electron chi connectivity index (χ1n) is 11.5. The molecule has 35 heavy (non-hydrogen) atoms. The summed E-state index contributed by atoms with van der Waals surface area (Å²) in [6.45, 7) is 5.27. The lowest BCUT2D eigenvalue weighted by atomic mass is 10.0. The number of fused-ring (bicyclic) bond motifs is 1. The minimum atomic E-state index is -0.318. The van der Waals surface area contributed by atoms with Crippen molar-refractivity contribution < 1.29 is 4.74 Å². The molecule has 1 saturated heterocycles. The SMILES string of the molecule is CC[C@@H](Oc1cc(/C(=N/N)C(C)=NC2CCN(C#N)CC2)cc2ncc(C#N)n12)c1ccccn1. The number of imidazole rings is 1. The Hall–Kier alpha value is -4.44. The first kappa shape index (κ1) is 23.7. The third-order valence-corrected chi connectivity index (χ3v) is 6.07. The van der Waals surface area contributed by atoms with Gasteiger partial charge < -0.3 is 15.5 Å². The standard InChI is InChI=1S/C25H27N9O/c1-3-22(21-6-4-5-9-29-21)35-24-13-18(12-23-30-15-20(14-26)34(23)24)25(32-28)17(2)31-19-7-10-33(16-27)11-8-19/h4-6,9,12-13,15,19,22H,3,7-8,10-11,28H2,1-2H3/b31-17?,32-25+/t22-/m1/s1. The molecule has 178 valence electrons. The number of likely N-dealkylation sites (tertiary alicyclic amines) is 1. The number of aliphatic imine (C=N–C) groups is 1. The highest BCUT2D eigenvalue weighted by Gasteiger charge is 2.22. The van der Waals surface area contributed by atoms with Crippen molar-refractivity contribution in [3.8, 4) is 18.1 Å². The molecule has 0 radical (unpaired) electrons. The highest BCUT2D eigenvalue weighted by atomic mass is 16.5. The summed E-state index contributed by atoms with van der Waals surface area (Å²) in [6, 6.07) is 11.6. The van der Waals surface area contributed by atoms with E-state index in [0.717, 1.165) is 18.5 Å². The van der Waals surface area contributed by atoms with Crippen molar-refractivity contribution in [3.05, 3.63) is 59.7 Å². The highest BCUT2D eigenvalue weighted by molar-refractivity contribution is 6.47. The third-order valence-electron chi connectivity index (χ3n) is 6.07. The Balaban J connectivity index is 1.71. The fraction of sp³-hybridized carbons (Fsp3) is 0.360. The molecule has 0 spiro atoms. The molecule has 0 aliphatic carbocycles. The molecular formula is C25H27N9O. The molecule has 3 aromatic heterocycles. The van der Waals surface area contributed by atoms with E-state index in [-0.39, 0.29) is 12.1 Å². The Morgan fingerprint density at radius 3 is 2.69 bits per heavy atom. The zero-order valence-corrected chi connectivity index (χ0v) is 19.8. The Morgan fingerprint density at radius 1 is 1.26 bits per heavy atom. The quantitative estimate of drug-likeness (QED) is 0.242. The number of rotatable bonds is 7. The summed E-state index contributed by atoms with van der Waals surface area (Å²) >= 11 is 0. The van der Waals surface area contributed by atoms with Crippen LogP contribution in [0.3, 0.4) is 0 Å². The van der Waals surface area contributed by atoms with Gasteiger partial charge in [-0.3, -0.25) is 14.4 Å². The number of hydrogen-bond acceptors (Lipinski definition) is 9. The van der Waals surface area contributed by atoms with Crippen LogP contribution in [0.5, 0.6) is 5.88 Å². The van der Waals surface area contributed by atoms with Crippen molar-refractivity contribution in [1.29, 1.82) is 10.5 Å². The zero-order valence-electron chi connectivity index (χ0n) is 19.8. The zero-order chi connectivity index (χ0) is 24.8. The number of piperidine rings is 1. The van der Waals surface area contributed by atoms with Crippen molar-refractivity contribution in [2.24, 2.45) is 15.9 Å². The molecule has 2 N–H and O–H groups in total. The maximum Gasteiger partial charge on any atom is 0.201 e. The lowest BCUT2D eigenvalue weighted by molar-refractivity contribution is 0.185. The first-order chi connectivity index (χ1) is 17.1. The second-order valence-electron chi connectivity index (χ2n) is 8.31. The Bertz CT molecular complexity index is 1320. The van der Waals surface area contributed by atoms with E-state index < -0.39 is 0 Å². The fourth-order valence-corrected chi connectivity index (χ4v) is 4.25. The molecule has 1 aliphatic heterocycles. The molecule has 0 aromatic carbocycles. The molecule has 1 atom stereocenters. The van der Waals surface area contributed by atoms with Gasteiger partial charge in [0.15, 0.2) is 6.19 Å². The van der Waals surface area contributed by atoms with Crippen molar-refractivity contribution >= 4 is 17.1 Å². The molecule has 10 heteroatoms. The number of ether oxygens (including phenoxy) is 1. The van der Waals surface area contributed by atoms with Gasteiger partial charge in [0, 0.05) is 30.9 Å². The van der Waals surface area contributed by atoms with Gasteiger partial charge in [0.05, 0.1) is 23.6 Å². The maximum absolute atomic E-state index is 9.62. The molecule has 0 amide bonds. The molecule has 0 saturated carbocycles. The van der Waals surface area contributed by atoms with Gasteiger partial charge in [-0.2, -0.15) is 15.6 Å². The Labute approximate surface area is 204 Å². The normalized spacial score (nSPS) is 16.1. The van der Waals surface area contributed by atoms with E-state index in [0.29, 0.717) is 53.7 Å². The summed E-state index contributed by atoms with van der Waals surface area (Å²) < 4.78 is 8.06. The summed E-state index contributed by atoms with van der Waals surface area (Å²) in [5.74, 6) is 6.27. The van der Waals surface area contributed by atoms with E-state index in [2.05, 4.69) is 27.3 Å². The Morgan fingerprint density at radius 2 is 2.06 bits per heavy atom. The van der Waals surface area contributed by atoms with Crippen molar-refractivity contribution in [2.75, 3.05) is 13.1 Å². The number of aromatic nitrogens is 3. The smallest absolute Gasteiger partial charge is 0.201 e. The van der Waals surface area contributed by atoms with Gasteiger partial charge in [-0.05, 0) is 44.4 Å². The van der Waals surface area contributed by atoms with Crippen LogP contribution in [0.2, 0.25) is 0 Å². The average molecular weight is 470 g/mol. The second kappa shape index (κ2) is 10.7. The van der Waals surface area contributed by atoms with Crippen LogP contribution in [-0.4, -0.2) is 49.8 Å². The molecule has 3 aromatic rings. The van der Waals surface area contributed by atoms with E-state index in [4.69, 9.17) is 20.8 Å². The lowest BCUT2D eigenvalue weighted by Crippen LogP contribution is -2.32. The van der Waals surface area contributed by atoms with Gasteiger partial charge in [0.1, 0.15) is 29.2 Å². The number of hydrazone groups is 1. The van der Waals surface area contributed by atoms with Gasteiger partial charge in [-0.25, -0.2) is 4.98 Å². The van der Waals surface area contributed by atoms with E-state index in [1.807, 2.05) is 44.2 Å². The Kier molecular flexibility index (Phi) is 7.22. The van der Waals surface area contributed by atoms with Crippen molar-refractivity contribution in [2.45, 2.75) is 45.3 Å². The molecular weight excluding hydrogens is 442 g/mol. The van der Waals surface area contributed by atoms with Gasteiger partial charge in [-0.1, -0.05) is 13.0 Å². The summed E-state index contributed by atoms with van der Waals surface area (Å²) in [4.78, 5) is 15.4. The molecule has 1 aliphatic rings. The number of pyridine rings is 2. The monoisotopic (exact) mass is 469 g/mol. The van der Waals surface area contributed by atoms with Crippen LogP contribution in [-0.2, 0) is 0 Å². The number of nitrogens with zero attached hydrogens (tertiary/aromatic N) is 8. The molecule has 4 heterocycles. The summed E-state index contributed by atoms with van der Waals surface area (Å²) in [6.07, 6.45) is 7.38. The van der Waals surface area contributed by atoms with Crippen LogP contribution < -0.4 is 10.6 Å². The molecule has 1 fully saturated rings. The van der Waals surface area contributed by atoms with Gasteiger partial charge in [0.25, 0.3) is 0 Å². The van der Waals surface area contributed by atoms with E-state index >= 15 is 0 Å². The topological polar surface area (TPSA) is 141 Å². The van der Waals surface area contributed by atoms with Gasteiger partial charge in [-0.15, -0.1) is 0 Å². The predicted octanol–water partition coefficient (Wildman–Crippen LogP) is 3.20. The maximum atomic E-state index is 9.62. The van der Waals surface area contributed by atoms with Crippen LogP contribution in [0.25, 0.3) is 5.65 Å². The predicted molar refractivity (Wildman–Crippen MR) is 132 cm³/mol. The van der Waals surface area contributed by atoms with E-state index in [1.54, 1.807) is 15.5 Å². The van der Waals surface area contributed by atoms with Crippen molar-refractivity contribution in [1.82, 2.24) is 19.3 Å². The summed E-state index contributed by atoms with van der Waals surface area (Å²) in [5, 5.41) is 22.7. The molecule has 10 nitrogen and oxygen atoms in total. The number of nitrogens with two attached hydrogens (primary N) is 1. The highest BCUT2D eigenvalue weighted by Crippen LogP contribution is 2.27.